The van der Waals surface area contributed by atoms with Gasteiger partial charge in [0.2, 0.25) is 0 Å². The van der Waals surface area contributed by atoms with Crippen LogP contribution in [0.1, 0.15) is 23.8 Å². The predicted octanol–water partition coefficient (Wildman–Crippen LogP) is 3.14. The third-order valence-electron chi connectivity index (χ3n) is 3.02. The normalized spacial score (nSPS) is 18.6. The number of thioether (sulfide) groups is 1. The topological polar surface area (TPSA) is 38.1 Å². The van der Waals surface area contributed by atoms with Gasteiger partial charge in [0, 0.05) is 10.9 Å². The van der Waals surface area contributed by atoms with E-state index in [1.807, 2.05) is 6.07 Å². The maximum atomic E-state index is 13.3. The summed E-state index contributed by atoms with van der Waals surface area (Å²) < 4.78 is 18.5. The minimum Gasteiger partial charge on any atom is -0.447 e. The van der Waals surface area contributed by atoms with Gasteiger partial charge in [-0.25, -0.2) is 9.37 Å². The second-order valence-electron chi connectivity index (χ2n) is 4.22. The molecule has 1 N–H and O–H groups in total. The summed E-state index contributed by atoms with van der Waals surface area (Å²) in [5, 5.41) is 3.39. The molecule has 0 amide bonds. The highest BCUT2D eigenvalue weighted by Crippen LogP contribution is 2.36. The summed E-state index contributed by atoms with van der Waals surface area (Å²) in [4.78, 5) is 5.04. The van der Waals surface area contributed by atoms with Gasteiger partial charge in [0.1, 0.15) is 11.6 Å². The average molecular weight is 264 g/mol. The van der Waals surface area contributed by atoms with E-state index in [-0.39, 0.29) is 11.9 Å². The molecule has 1 unspecified atom stereocenters. The van der Waals surface area contributed by atoms with Crippen molar-refractivity contribution in [2.24, 2.45) is 0 Å². The Kier molecular flexibility index (Phi) is 3.34. The number of fused-ring (bicyclic) bond motifs is 1. The zero-order chi connectivity index (χ0) is 12.4. The predicted molar refractivity (Wildman–Crippen MR) is 67.8 cm³/mol. The summed E-state index contributed by atoms with van der Waals surface area (Å²) in [6.07, 6.45) is 4.10. The molecule has 0 bridgehead atoms. The van der Waals surface area contributed by atoms with Crippen LogP contribution in [0.5, 0.6) is 0 Å². The van der Waals surface area contributed by atoms with Gasteiger partial charge >= 0.3 is 0 Å². The van der Waals surface area contributed by atoms with E-state index in [2.05, 4.69) is 10.3 Å². The summed E-state index contributed by atoms with van der Waals surface area (Å²) in [6, 6.07) is 5.18. The standard InChI is InChI=1S/C13H13FN2OS/c14-9-1-2-13-11(5-9)12(3-4-18-13)16-7-10-6-15-8-17-10/h1-2,5-6,8,12,16H,3-4,7H2. The fraction of sp³-hybridized carbons (Fsp3) is 0.308. The number of rotatable bonds is 3. The van der Waals surface area contributed by atoms with Crippen molar-refractivity contribution in [3.63, 3.8) is 0 Å². The number of hydrogen-bond acceptors (Lipinski definition) is 4. The molecule has 18 heavy (non-hydrogen) atoms. The lowest BCUT2D eigenvalue weighted by molar-refractivity contribution is 0.437. The summed E-state index contributed by atoms with van der Waals surface area (Å²) >= 11 is 1.78. The SMILES string of the molecule is Fc1ccc2c(c1)C(NCc1cnco1)CCS2. The van der Waals surface area contributed by atoms with E-state index >= 15 is 0 Å². The fourth-order valence-electron chi connectivity index (χ4n) is 2.13. The molecule has 94 valence electrons. The van der Waals surface area contributed by atoms with Crippen molar-refractivity contribution < 1.29 is 8.81 Å². The van der Waals surface area contributed by atoms with E-state index in [1.54, 1.807) is 24.0 Å². The van der Waals surface area contributed by atoms with Gasteiger partial charge in [0.05, 0.1) is 12.7 Å². The average Bonchev–Trinajstić information content (AvgIpc) is 2.89. The molecule has 5 heteroatoms. The minimum absolute atomic E-state index is 0.178. The third kappa shape index (κ3) is 2.42. The van der Waals surface area contributed by atoms with Crippen LogP contribution >= 0.6 is 11.8 Å². The van der Waals surface area contributed by atoms with Crippen molar-refractivity contribution in [1.29, 1.82) is 0 Å². The molecule has 0 spiro atoms. The number of aromatic nitrogens is 1. The van der Waals surface area contributed by atoms with Gasteiger partial charge in [-0.15, -0.1) is 11.8 Å². The van der Waals surface area contributed by atoms with Crippen molar-refractivity contribution in [2.45, 2.75) is 23.9 Å². The molecule has 3 nitrogen and oxygen atoms in total. The first-order valence-corrected chi connectivity index (χ1v) is 6.84. The maximum absolute atomic E-state index is 13.3. The molecule has 1 atom stereocenters. The van der Waals surface area contributed by atoms with E-state index in [4.69, 9.17) is 4.42 Å². The molecule has 0 radical (unpaired) electrons. The Labute approximate surface area is 109 Å². The van der Waals surface area contributed by atoms with Crippen LogP contribution in [0.15, 0.2) is 40.1 Å². The van der Waals surface area contributed by atoms with Crippen molar-refractivity contribution in [2.75, 3.05) is 5.75 Å². The molecule has 0 saturated carbocycles. The molecule has 3 rings (SSSR count). The molecule has 0 fully saturated rings. The number of halogens is 1. The number of benzene rings is 1. The minimum atomic E-state index is -0.178. The highest BCUT2D eigenvalue weighted by Gasteiger charge is 2.21. The Balaban J connectivity index is 1.76. The van der Waals surface area contributed by atoms with Gasteiger partial charge in [0.15, 0.2) is 6.39 Å². The largest absolute Gasteiger partial charge is 0.447 e. The lowest BCUT2D eigenvalue weighted by Crippen LogP contribution is -2.24. The van der Waals surface area contributed by atoms with Crippen LogP contribution in [-0.2, 0) is 6.54 Å². The Morgan fingerprint density at radius 2 is 2.44 bits per heavy atom. The number of nitrogens with one attached hydrogen (secondary N) is 1. The number of oxazole rings is 1. The molecule has 1 aromatic heterocycles. The zero-order valence-corrected chi connectivity index (χ0v) is 10.5. The summed E-state index contributed by atoms with van der Waals surface area (Å²) in [6.45, 7) is 0.616. The summed E-state index contributed by atoms with van der Waals surface area (Å²) in [5.41, 5.74) is 1.05. The fourth-order valence-corrected chi connectivity index (χ4v) is 3.24. The smallest absolute Gasteiger partial charge is 0.180 e. The molecule has 1 aliphatic rings. The molecule has 1 aromatic carbocycles. The van der Waals surface area contributed by atoms with Crippen LogP contribution in [0.25, 0.3) is 0 Å². The van der Waals surface area contributed by atoms with Crippen LogP contribution < -0.4 is 5.32 Å². The van der Waals surface area contributed by atoms with E-state index in [0.29, 0.717) is 6.54 Å². The molecule has 0 saturated heterocycles. The van der Waals surface area contributed by atoms with Crippen LogP contribution in [-0.4, -0.2) is 10.7 Å². The van der Waals surface area contributed by atoms with E-state index in [0.717, 1.165) is 28.4 Å². The second-order valence-corrected chi connectivity index (χ2v) is 5.36. The van der Waals surface area contributed by atoms with Crippen molar-refractivity contribution in [3.05, 3.63) is 47.9 Å². The molecule has 1 aliphatic heterocycles. The van der Waals surface area contributed by atoms with Gasteiger partial charge in [0.25, 0.3) is 0 Å². The van der Waals surface area contributed by atoms with Gasteiger partial charge in [-0.05, 0) is 35.9 Å². The highest BCUT2D eigenvalue weighted by atomic mass is 32.2. The van der Waals surface area contributed by atoms with E-state index in [9.17, 15) is 4.39 Å². The van der Waals surface area contributed by atoms with Crippen LogP contribution in [0.2, 0.25) is 0 Å². The van der Waals surface area contributed by atoms with Crippen LogP contribution in [0.4, 0.5) is 4.39 Å². The van der Waals surface area contributed by atoms with Crippen LogP contribution in [0, 0.1) is 5.82 Å². The van der Waals surface area contributed by atoms with Crippen molar-refractivity contribution >= 4 is 11.8 Å². The van der Waals surface area contributed by atoms with Crippen molar-refractivity contribution in [1.82, 2.24) is 10.3 Å². The Bertz CT molecular complexity index is 530. The lowest BCUT2D eigenvalue weighted by atomic mass is 10.0. The van der Waals surface area contributed by atoms with Gasteiger partial charge in [-0.3, -0.25) is 0 Å². The Hall–Kier alpha value is -1.33. The molecule has 2 aromatic rings. The zero-order valence-electron chi connectivity index (χ0n) is 9.73. The summed E-state index contributed by atoms with van der Waals surface area (Å²) in [7, 11) is 0. The third-order valence-corrected chi connectivity index (χ3v) is 4.14. The molecule has 2 heterocycles. The van der Waals surface area contributed by atoms with Crippen molar-refractivity contribution in [3.8, 4) is 0 Å². The molecular weight excluding hydrogens is 251 g/mol. The molecular formula is C13H13FN2OS. The van der Waals surface area contributed by atoms with E-state index in [1.165, 1.54) is 12.5 Å². The Morgan fingerprint density at radius 3 is 3.28 bits per heavy atom. The number of nitrogens with zero attached hydrogens (tertiary/aromatic N) is 1. The second kappa shape index (κ2) is 5.12. The van der Waals surface area contributed by atoms with Crippen LogP contribution in [0.3, 0.4) is 0 Å². The molecule has 0 aliphatic carbocycles. The van der Waals surface area contributed by atoms with E-state index < -0.39 is 0 Å². The first-order valence-electron chi connectivity index (χ1n) is 5.86. The van der Waals surface area contributed by atoms with Gasteiger partial charge in [-0.2, -0.15) is 0 Å². The summed E-state index contributed by atoms with van der Waals surface area (Å²) in [5.74, 6) is 1.67. The first kappa shape index (κ1) is 11.7. The maximum Gasteiger partial charge on any atom is 0.180 e. The quantitative estimate of drug-likeness (QED) is 0.924. The number of hydrogen-bond donors (Lipinski definition) is 1. The highest BCUT2D eigenvalue weighted by molar-refractivity contribution is 7.99. The Morgan fingerprint density at radius 1 is 1.50 bits per heavy atom. The monoisotopic (exact) mass is 264 g/mol. The van der Waals surface area contributed by atoms with Gasteiger partial charge in [-0.1, -0.05) is 0 Å². The van der Waals surface area contributed by atoms with Gasteiger partial charge < -0.3 is 9.73 Å². The lowest BCUT2D eigenvalue weighted by Gasteiger charge is -2.25. The first-order chi connectivity index (χ1) is 8.83.